The summed E-state index contributed by atoms with van der Waals surface area (Å²) in [4.78, 5) is 34.4. The van der Waals surface area contributed by atoms with Crippen LogP contribution >= 0.6 is 0 Å². The van der Waals surface area contributed by atoms with Crippen LogP contribution < -0.4 is 16.0 Å². The molecule has 1 saturated carbocycles. The van der Waals surface area contributed by atoms with Gasteiger partial charge in [0, 0.05) is 12.0 Å². The van der Waals surface area contributed by atoms with Crippen molar-refractivity contribution in [1.82, 2.24) is 16.0 Å². The Bertz CT molecular complexity index is 689. The van der Waals surface area contributed by atoms with Gasteiger partial charge in [-0.2, -0.15) is 0 Å². The molecule has 3 N–H and O–H groups in total. The third-order valence-corrected chi connectivity index (χ3v) is 4.09. The molecule has 6 nitrogen and oxygen atoms in total. The van der Waals surface area contributed by atoms with Crippen molar-refractivity contribution in [2.75, 3.05) is 0 Å². The molecule has 0 unspecified atom stereocenters. The predicted octanol–water partition coefficient (Wildman–Crippen LogP) is 1.06. The molecule has 2 fully saturated rings. The maximum absolute atomic E-state index is 13.9. The van der Waals surface area contributed by atoms with Crippen LogP contribution in [-0.4, -0.2) is 23.9 Å². The molecule has 8 heteroatoms. The van der Waals surface area contributed by atoms with E-state index in [4.69, 9.17) is 0 Å². The van der Waals surface area contributed by atoms with Crippen molar-refractivity contribution in [3.05, 3.63) is 35.4 Å². The summed E-state index contributed by atoms with van der Waals surface area (Å²) in [6, 6.07) is 1.83. The minimum absolute atomic E-state index is 0.00293. The molecule has 1 atom stereocenters. The second-order valence-electron chi connectivity index (χ2n) is 5.81. The summed E-state index contributed by atoms with van der Waals surface area (Å²) in [5, 5.41) is 7.19. The molecule has 122 valence electrons. The molecule has 1 aromatic carbocycles. The Morgan fingerprint density at radius 2 is 2.04 bits per heavy atom. The molecule has 0 aromatic heterocycles. The molecule has 0 spiro atoms. The van der Waals surface area contributed by atoms with Gasteiger partial charge >= 0.3 is 6.03 Å². The zero-order valence-electron chi connectivity index (χ0n) is 12.1. The average molecular weight is 323 g/mol. The van der Waals surface area contributed by atoms with Gasteiger partial charge in [-0.25, -0.2) is 13.6 Å². The summed E-state index contributed by atoms with van der Waals surface area (Å²) in [7, 11) is 0. The third kappa shape index (κ3) is 3.15. The van der Waals surface area contributed by atoms with E-state index < -0.39 is 35.2 Å². The highest BCUT2D eigenvalue weighted by atomic mass is 19.1. The van der Waals surface area contributed by atoms with Crippen molar-refractivity contribution in [2.24, 2.45) is 0 Å². The standard InChI is InChI=1S/C15H15F2N3O3/c16-8-1-2-10(17)9(7-8)15(5-6-15)20-12(21)4-3-11-13(22)19-14(23)18-11/h1-2,7,11H,3-6H2,(H,20,21)(H2,18,19,22,23)/t11-/m0/s1. The lowest BCUT2D eigenvalue weighted by atomic mass is 10.0. The van der Waals surface area contributed by atoms with Crippen molar-refractivity contribution >= 4 is 17.8 Å². The van der Waals surface area contributed by atoms with E-state index in [-0.39, 0.29) is 24.3 Å². The fourth-order valence-corrected chi connectivity index (χ4v) is 2.72. The van der Waals surface area contributed by atoms with Crippen LogP contribution in [0, 0.1) is 11.6 Å². The summed E-state index contributed by atoms with van der Waals surface area (Å²) >= 11 is 0. The van der Waals surface area contributed by atoms with Gasteiger partial charge in [-0.3, -0.25) is 14.9 Å². The third-order valence-electron chi connectivity index (χ3n) is 4.09. The van der Waals surface area contributed by atoms with E-state index in [1.807, 2.05) is 0 Å². The molecule has 1 aliphatic carbocycles. The number of carbonyl (C=O) groups is 3. The summed E-state index contributed by atoms with van der Waals surface area (Å²) < 4.78 is 27.2. The van der Waals surface area contributed by atoms with Crippen LogP contribution in [0.2, 0.25) is 0 Å². The number of hydrogen-bond donors (Lipinski definition) is 3. The van der Waals surface area contributed by atoms with Crippen LogP contribution in [0.3, 0.4) is 0 Å². The van der Waals surface area contributed by atoms with Gasteiger partial charge in [-0.1, -0.05) is 0 Å². The van der Waals surface area contributed by atoms with Gasteiger partial charge in [-0.15, -0.1) is 0 Å². The number of imide groups is 1. The number of nitrogens with one attached hydrogen (secondary N) is 3. The van der Waals surface area contributed by atoms with Gasteiger partial charge in [0.1, 0.15) is 17.7 Å². The Morgan fingerprint density at radius 3 is 2.65 bits per heavy atom. The number of rotatable bonds is 5. The minimum Gasteiger partial charge on any atom is -0.346 e. The van der Waals surface area contributed by atoms with E-state index in [1.165, 1.54) is 0 Å². The molecule has 0 bridgehead atoms. The normalized spacial score (nSPS) is 21.6. The fraction of sp³-hybridized carbons (Fsp3) is 0.400. The van der Waals surface area contributed by atoms with E-state index in [0.717, 1.165) is 18.2 Å². The van der Waals surface area contributed by atoms with Crippen LogP contribution in [0.1, 0.15) is 31.2 Å². The van der Waals surface area contributed by atoms with Gasteiger partial charge in [-0.05, 0) is 37.5 Å². The predicted molar refractivity (Wildman–Crippen MR) is 75.1 cm³/mol. The van der Waals surface area contributed by atoms with E-state index in [9.17, 15) is 23.2 Å². The molecule has 23 heavy (non-hydrogen) atoms. The first-order chi connectivity index (χ1) is 10.9. The Morgan fingerprint density at radius 1 is 1.30 bits per heavy atom. The number of carbonyl (C=O) groups excluding carboxylic acids is 3. The zero-order valence-corrected chi connectivity index (χ0v) is 12.1. The molecule has 3 rings (SSSR count). The summed E-state index contributed by atoms with van der Waals surface area (Å²) in [5.74, 6) is -1.97. The quantitative estimate of drug-likeness (QED) is 0.708. The SMILES string of the molecule is O=C(CC[C@@H]1NC(=O)NC1=O)NC1(c2cc(F)ccc2F)CC1. The van der Waals surface area contributed by atoms with Crippen molar-refractivity contribution in [2.45, 2.75) is 37.3 Å². The fourth-order valence-electron chi connectivity index (χ4n) is 2.72. The Kier molecular flexibility index (Phi) is 3.75. The number of benzene rings is 1. The number of urea groups is 1. The Hall–Kier alpha value is -2.51. The van der Waals surface area contributed by atoms with E-state index in [2.05, 4.69) is 16.0 Å². The number of halogens is 2. The van der Waals surface area contributed by atoms with Crippen LogP contribution in [-0.2, 0) is 15.1 Å². The average Bonchev–Trinajstić information content (AvgIpc) is 3.18. The maximum atomic E-state index is 13.9. The van der Waals surface area contributed by atoms with Crippen molar-refractivity contribution < 1.29 is 23.2 Å². The largest absolute Gasteiger partial charge is 0.346 e. The van der Waals surface area contributed by atoms with Crippen molar-refractivity contribution in [1.29, 1.82) is 0 Å². The molecule has 1 aliphatic heterocycles. The summed E-state index contributed by atoms with van der Waals surface area (Å²) in [6.07, 6.45) is 1.20. The number of hydrogen-bond acceptors (Lipinski definition) is 3. The molecule has 0 radical (unpaired) electrons. The summed E-state index contributed by atoms with van der Waals surface area (Å²) in [5.41, 5.74) is -0.734. The smallest absolute Gasteiger partial charge is 0.322 e. The highest BCUT2D eigenvalue weighted by molar-refractivity contribution is 6.04. The van der Waals surface area contributed by atoms with Gasteiger partial charge in [0.15, 0.2) is 0 Å². The highest BCUT2D eigenvalue weighted by Gasteiger charge is 2.47. The highest BCUT2D eigenvalue weighted by Crippen LogP contribution is 2.46. The molecule has 4 amide bonds. The number of amides is 4. The summed E-state index contributed by atoms with van der Waals surface area (Å²) in [6.45, 7) is 0. The van der Waals surface area contributed by atoms with Gasteiger partial charge in [0.05, 0.1) is 5.54 Å². The molecule has 1 saturated heterocycles. The lowest BCUT2D eigenvalue weighted by molar-refractivity contribution is -0.123. The molecular formula is C15H15F2N3O3. The van der Waals surface area contributed by atoms with Crippen LogP contribution in [0.15, 0.2) is 18.2 Å². The molecular weight excluding hydrogens is 308 g/mol. The van der Waals surface area contributed by atoms with E-state index in [0.29, 0.717) is 12.8 Å². The Labute approximate surface area is 130 Å². The second-order valence-corrected chi connectivity index (χ2v) is 5.81. The van der Waals surface area contributed by atoms with Gasteiger partial charge in [0.25, 0.3) is 5.91 Å². The lowest BCUT2D eigenvalue weighted by Gasteiger charge is -2.19. The van der Waals surface area contributed by atoms with Crippen molar-refractivity contribution in [3.63, 3.8) is 0 Å². The van der Waals surface area contributed by atoms with E-state index in [1.54, 1.807) is 0 Å². The van der Waals surface area contributed by atoms with E-state index >= 15 is 0 Å². The van der Waals surface area contributed by atoms with Gasteiger partial charge < -0.3 is 10.6 Å². The molecule has 1 heterocycles. The molecule has 2 aliphatic rings. The van der Waals surface area contributed by atoms with Crippen molar-refractivity contribution in [3.8, 4) is 0 Å². The Balaban J connectivity index is 1.60. The monoisotopic (exact) mass is 323 g/mol. The lowest BCUT2D eigenvalue weighted by Crippen LogP contribution is -2.37. The second kappa shape index (κ2) is 5.60. The first kappa shape index (κ1) is 15.4. The van der Waals surface area contributed by atoms with Gasteiger partial charge in [0.2, 0.25) is 5.91 Å². The topological polar surface area (TPSA) is 87.3 Å². The first-order valence-corrected chi connectivity index (χ1v) is 7.27. The zero-order chi connectivity index (χ0) is 16.6. The maximum Gasteiger partial charge on any atom is 0.322 e. The minimum atomic E-state index is -0.871. The van der Waals surface area contributed by atoms with Crippen LogP contribution in [0.4, 0.5) is 13.6 Å². The molecule has 1 aromatic rings. The first-order valence-electron chi connectivity index (χ1n) is 7.27. The van der Waals surface area contributed by atoms with Crippen LogP contribution in [0.5, 0.6) is 0 Å². The van der Waals surface area contributed by atoms with Crippen LogP contribution in [0.25, 0.3) is 0 Å².